The molecule has 0 aliphatic heterocycles. The van der Waals surface area contributed by atoms with E-state index >= 15 is 0 Å². The number of aliphatic hydroxyl groups is 4. The normalized spacial score (nSPS) is 16.9. The summed E-state index contributed by atoms with van der Waals surface area (Å²) in [7, 11) is 0. The van der Waals surface area contributed by atoms with Crippen LogP contribution in [0.4, 0.5) is 0 Å². The molecule has 1 aromatic carbocycles. The van der Waals surface area contributed by atoms with Gasteiger partial charge in [0.1, 0.15) is 24.1 Å². The number of ether oxygens (including phenoxy) is 1. The van der Waals surface area contributed by atoms with Gasteiger partial charge in [0.25, 0.3) is 0 Å². The number of para-hydroxylation sites is 1. The second-order valence-corrected chi connectivity index (χ2v) is 4.24. The van der Waals surface area contributed by atoms with Crippen molar-refractivity contribution in [3.05, 3.63) is 29.8 Å². The maximum atomic E-state index is 11.6. The average Bonchev–Trinajstić information content (AvgIpc) is 2.46. The Balaban J connectivity index is 2.72. The highest BCUT2D eigenvalue weighted by Gasteiger charge is 2.35. The van der Waals surface area contributed by atoms with Crippen molar-refractivity contribution in [1.82, 2.24) is 0 Å². The number of aryl methyl sites for hydroxylation is 1. The largest absolute Gasteiger partial charge is 0.424 e. The van der Waals surface area contributed by atoms with Crippen molar-refractivity contribution >= 4 is 12.3 Å². The summed E-state index contributed by atoms with van der Waals surface area (Å²) < 4.78 is 4.86. The number of carbonyl (C=O) groups excluding carboxylic acids is 2. The Morgan fingerprint density at radius 1 is 1.15 bits per heavy atom. The monoisotopic (exact) mass is 284 g/mol. The predicted molar refractivity (Wildman–Crippen MR) is 66.9 cm³/mol. The Labute approximate surface area is 115 Å². The fraction of sp³-hybridized carbons (Fsp3) is 0.385. The minimum Gasteiger partial charge on any atom is -0.424 e. The van der Waals surface area contributed by atoms with E-state index in [0.717, 1.165) is 0 Å². The third-order valence-electron chi connectivity index (χ3n) is 2.71. The summed E-state index contributed by atoms with van der Waals surface area (Å²) in [6.45, 7) is 1.68. The molecule has 0 heterocycles. The molecular weight excluding hydrogens is 268 g/mol. The third kappa shape index (κ3) is 3.84. The first-order valence-corrected chi connectivity index (χ1v) is 5.83. The van der Waals surface area contributed by atoms with Gasteiger partial charge in [0.2, 0.25) is 0 Å². The van der Waals surface area contributed by atoms with Crippen molar-refractivity contribution in [2.24, 2.45) is 0 Å². The SMILES string of the molecule is Cc1ccccc1OC(=O)[C@@H](O)[C@@H](O)[C@H](O)[C@@H](O)C=O. The molecule has 0 radical (unpaired) electrons. The smallest absolute Gasteiger partial charge is 0.343 e. The summed E-state index contributed by atoms with van der Waals surface area (Å²) in [5.74, 6) is -1.02. The van der Waals surface area contributed by atoms with Gasteiger partial charge in [-0.2, -0.15) is 0 Å². The van der Waals surface area contributed by atoms with Crippen LogP contribution in [-0.2, 0) is 9.59 Å². The van der Waals surface area contributed by atoms with E-state index in [2.05, 4.69) is 0 Å². The minimum absolute atomic E-state index is 0.0206. The van der Waals surface area contributed by atoms with E-state index in [1.807, 2.05) is 0 Å². The van der Waals surface area contributed by atoms with Gasteiger partial charge in [0, 0.05) is 0 Å². The summed E-state index contributed by atoms with van der Waals surface area (Å²) in [6.07, 6.45) is -8.07. The van der Waals surface area contributed by atoms with Gasteiger partial charge < -0.3 is 30.0 Å². The van der Waals surface area contributed by atoms with Crippen molar-refractivity contribution in [3.8, 4) is 5.75 Å². The lowest BCUT2D eigenvalue weighted by Gasteiger charge is -2.23. The van der Waals surface area contributed by atoms with Crippen LogP contribution in [0.1, 0.15) is 5.56 Å². The Hall–Kier alpha value is -1.80. The van der Waals surface area contributed by atoms with Gasteiger partial charge in [-0.15, -0.1) is 0 Å². The molecular formula is C13H16O7. The zero-order valence-electron chi connectivity index (χ0n) is 10.7. The van der Waals surface area contributed by atoms with Gasteiger partial charge >= 0.3 is 5.97 Å². The molecule has 0 bridgehead atoms. The molecule has 20 heavy (non-hydrogen) atoms. The van der Waals surface area contributed by atoms with Gasteiger partial charge in [-0.25, -0.2) is 4.79 Å². The number of esters is 1. The molecule has 0 unspecified atom stereocenters. The fourth-order valence-corrected chi connectivity index (χ4v) is 1.45. The van der Waals surface area contributed by atoms with E-state index in [1.54, 1.807) is 25.1 Å². The molecule has 0 aliphatic rings. The highest BCUT2D eigenvalue weighted by atomic mass is 16.6. The van der Waals surface area contributed by atoms with Gasteiger partial charge in [-0.3, -0.25) is 0 Å². The Morgan fingerprint density at radius 3 is 2.30 bits per heavy atom. The van der Waals surface area contributed by atoms with E-state index in [-0.39, 0.29) is 12.0 Å². The summed E-state index contributed by atoms with van der Waals surface area (Å²) in [4.78, 5) is 21.9. The van der Waals surface area contributed by atoms with Crippen molar-refractivity contribution in [2.45, 2.75) is 31.3 Å². The number of aliphatic hydroxyl groups excluding tert-OH is 4. The number of hydrogen-bond acceptors (Lipinski definition) is 7. The molecule has 1 aromatic rings. The molecule has 7 nitrogen and oxygen atoms in total. The quantitative estimate of drug-likeness (QED) is 0.286. The van der Waals surface area contributed by atoms with Gasteiger partial charge in [-0.05, 0) is 18.6 Å². The van der Waals surface area contributed by atoms with Crippen LogP contribution in [0.15, 0.2) is 24.3 Å². The van der Waals surface area contributed by atoms with Crippen LogP contribution in [0.5, 0.6) is 5.75 Å². The van der Waals surface area contributed by atoms with Crippen molar-refractivity contribution in [1.29, 1.82) is 0 Å². The van der Waals surface area contributed by atoms with Crippen LogP contribution in [0.3, 0.4) is 0 Å². The van der Waals surface area contributed by atoms with Crippen molar-refractivity contribution < 1.29 is 34.8 Å². The lowest BCUT2D eigenvalue weighted by atomic mass is 10.0. The molecule has 7 heteroatoms. The maximum absolute atomic E-state index is 11.6. The highest BCUT2D eigenvalue weighted by molar-refractivity contribution is 5.78. The predicted octanol–water partition coefficient (Wildman–Crippen LogP) is -1.46. The molecule has 0 amide bonds. The molecule has 4 atom stereocenters. The topological polar surface area (TPSA) is 124 Å². The Bertz CT molecular complexity index is 474. The van der Waals surface area contributed by atoms with Gasteiger partial charge in [-0.1, -0.05) is 18.2 Å². The first kappa shape index (κ1) is 16.3. The second kappa shape index (κ2) is 7.11. The molecule has 0 aromatic heterocycles. The lowest BCUT2D eigenvalue weighted by Crippen LogP contribution is -2.49. The van der Waals surface area contributed by atoms with E-state index in [1.165, 1.54) is 6.07 Å². The van der Waals surface area contributed by atoms with Crippen LogP contribution in [0.2, 0.25) is 0 Å². The van der Waals surface area contributed by atoms with Gasteiger partial charge in [0.05, 0.1) is 0 Å². The van der Waals surface area contributed by atoms with Crippen molar-refractivity contribution in [2.75, 3.05) is 0 Å². The summed E-state index contributed by atoms with van der Waals surface area (Å²) in [5, 5.41) is 37.4. The Morgan fingerprint density at radius 2 is 1.75 bits per heavy atom. The molecule has 0 saturated carbocycles. The summed E-state index contributed by atoms with van der Waals surface area (Å²) in [6, 6.07) is 6.50. The van der Waals surface area contributed by atoms with Crippen LogP contribution in [0, 0.1) is 6.92 Å². The number of benzene rings is 1. The summed E-state index contributed by atoms with van der Waals surface area (Å²) in [5.41, 5.74) is 0.635. The molecule has 0 spiro atoms. The zero-order chi connectivity index (χ0) is 15.3. The average molecular weight is 284 g/mol. The van der Waals surface area contributed by atoms with E-state index < -0.39 is 30.4 Å². The summed E-state index contributed by atoms with van der Waals surface area (Å²) >= 11 is 0. The van der Waals surface area contributed by atoms with Crippen LogP contribution in [0.25, 0.3) is 0 Å². The van der Waals surface area contributed by atoms with Crippen molar-refractivity contribution in [3.63, 3.8) is 0 Å². The highest BCUT2D eigenvalue weighted by Crippen LogP contribution is 2.17. The molecule has 110 valence electrons. The molecule has 1 rings (SSSR count). The zero-order valence-corrected chi connectivity index (χ0v) is 10.7. The molecule has 4 N–H and O–H groups in total. The maximum Gasteiger partial charge on any atom is 0.343 e. The van der Waals surface area contributed by atoms with Crippen LogP contribution >= 0.6 is 0 Å². The lowest BCUT2D eigenvalue weighted by molar-refractivity contribution is -0.161. The Kier molecular flexibility index (Phi) is 5.78. The second-order valence-electron chi connectivity index (χ2n) is 4.24. The van der Waals surface area contributed by atoms with Crippen LogP contribution < -0.4 is 4.74 Å². The first-order valence-electron chi connectivity index (χ1n) is 5.83. The van der Waals surface area contributed by atoms with E-state index in [9.17, 15) is 24.9 Å². The number of carbonyl (C=O) groups is 2. The van der Waals surface area contributed by atoms with E-state index in [0.29, 0.717) is 5.56 Å². The third-order valence-corrected chi connectivity index (χ3v) is 2.71. The van der Waals surface area contributed by atoms with Crippen LogP contribution in [-0.4, -0.2) is 57.1 Å². The number of aldehydes is 1. The van der Waals surface area contributed by atoms with Gasteiger partial charge in [0.15, 0.2) is 12.4 Å². The van der Waals surface area contributed by atoms with E-state index in [4.69, 9.17) is 9.84 Å². The first-order chi connectivity index (χ1) is 9.38. The fourth-order valence-electron chi connectivity index (χ4n) is 1.45. The molecule has 0 aliphatic carbocycles. The molecule has 0 saturated heterocycles. The number of rotatable bonds is 6. The minimum atomic E-state index is -2.10. The molecule has 0 fully saturated rings. The standard InChI is InChI=1S/C13H16O7/c1-7-4-2-3-5-9(7)20-13(19)12(18)11(17)10(16)8(15)6-14/h2-6,8,10-12,15-18H,1H3/t8-,10+,11-,12-/m0/s1. The number of hydrogen-bond donors (Lipinski definition) is 4.